The minimum atomic E-state index is -0.407. The van der Waals surface area contributed by atoms with Gasteiger partial charge in [0, 0.05) is 18.3 Å². The van der Waals surface area contributed by atoms with E-state index in [0.717, 1.165) is 13.0 Å². The van der Waals surface area contributed by atoms with Crippen LogP contribution < -0.4 is 10.6 Å². The normalized spacial score (nSPS) is 10.5. The zero-order valence-corrected chi connectivity index (χ0v) is 16.0. The third kappa shape index (κ3) is 6.38. The summed E-state index contributed by atoms with van der Waals surface area (Å²) in [7, 11) is 3.99. The van der Waals surface area contributed by atoms with Crippen molar-refractivity contribution in [1.82, 2.24) is 15.2 Å². The lowest BCUT2D eigenvalue weighted by molar-refractivity contribution is 0.0527. The number of amides is 1. The van der Waals surface area contributed by atoms with Crippen LogP contribution in [0.5, 0.6) is 0 Å². The fourth-order valence-corrected chi connectivity index (χ4v) is 2.46. The van der Waals surface area contributed by atoms with Crippen LogP contribution in [0, 0.1) is 0 Å². The second kappa shape index (κ2) is 10.3. The van der Waals surface area contributed by atoms with E-state index in [4.69, 9.17) is 4.74 Å². The third-order valence-corrected chi connectivity index (χ3v) is 3.77. The molecule has 27 heavy (non-hydrogen) atoms. The first-order chi connectivity index (χ1) is 13.0. The van der Waals surface area contributed by atoms with Gasteiger partial charge < -0.3 is 20.3 Å². The highest BCUT2D eigenvalue weighted by Gasteiger charge is 2.13. The van der Waals surface area contributed by atoms with Crippen molar-refractivity contribution in [2.24, 2.45) is 0 Å². The third-order valence-electron chi connectivity index (χ3n) is 3.77. The van der Waals surface area contributed by atoms with Crippen LogP contribution in [0.3, 0.4) is 0 Å². The molecule has 0 aliphatic heterocycles. The number of pyridine rings is 1. The molecule has 0 aliphatic carbocycles. The van der Waals surface area contributed by atoms with Crippen molar-refractivity contribution in [2.45, 2.75) is 13.3 Å². The Balaban J connectivity index is 2.06. The van der Waals surface area contributed by atoms with Gasteiger partial charge in [-0.25, -0.2) is 9.78 Å². The molecule has 1 aromatic heterocycles. The standard InChI is InChI=1S/C20H26N4O3/c1-4-27-20(26)16-8-5-6-9-17(16)23-18-14-15(10-12-21-18)19(25)22-11-7-13-24(2)3/h5-6,8-10,12,14H,4,7,11,13H2,1-3H3,(H,21,23)(H,22,25). The number of hydrogen-bond acceptors (Lipinski definition) is 6. The lowest BCUT2D eigenvalue weighted by atomic mass is 10.1. The smallest absolute Gasteiger partial charge is 0.340 e. The van der Waals surface area contributed by atoms with Gasteiger partial charge in [0.25, 0.3) is 5.91 Å². The van der Waals surface area contributed by atoms with E-state index in [1.165, 1.54) is 0 Å². The lowest BCUT2D eigenvalue weighted by Gasteiger charge is -2.12. The van der Waals surface area contributed by atoms with Crippen LogP contribution in [-0.2, 0) is 4.74 Å². The van der Waals surface area contributed by atoms with E-state index in [9.17, 15) is 9.59 Å². The lowest BCUT2D eigenvalue weighted by Crippen LogP contribution is -2.27. The summed E-state index contributed by atoms with van der Waals surface area (Å²) in [5.41, 5.74) is 1.50. The van der Waals surface area contributed by atoms with Crippen LogP contribution in [0.25, 0.3) is 0 Å². The van der Waals surface area contributed by atoms with Gasteiger partial charge in [-0.15, -0.1) is 0 Å². The summed E-state index contributed by atoms with van der Waals surface area (Å²) in [4.78, 5) is 30.7. The van der Waals surface area contributed by atoms with Gasteiger partial charge in [-0.2, -0.15) is 0 Å². The van der Waals surface area contributed by atoms with E-state index in [1.54, 1.807) is 43.5 Å². The first-order valence-corrected chi connectivity index (χ1v) is 8.93. The van der Waals surface area contributed by atoms with Crippen LogP contribution >= 0.6 is 0 Å². The van der Waals surface area contributed by atoms with E-state index in [-0.39, 0.29) is 5.91 Å². The molecule has 7 nitrogen and oxygen atoms in total. The van der Waals surface area contributed by atoms with Crippen molar-refractivity contribution >= 4 is 23.4 Å². The molecule has 2 aromatic rings. The molecule has 2 rings (SSSR count). The summed E-state index contributed by atoms with van der Waals surface area (Å²) in [5.74, 6) is -0.0824. The number of para-hydroxylation sites is 1. The predicted octanol–water partition coefficient (Wildman–Crippen LogP) is 2.68. The van der Waals surface area contributed by atoms with Crippen LogP contribution in [0.4, 0.5) is 11.5 Å². The molecule has 0 aliphatic rings. The Bertz CT molecular complexity index is 777. The molecule has 0 unspecified atom stereocenters. The summed E-state index contributed by atoms with van der Waals surface area (Å²) in [6.07, 6.45) is 2.44. The van der Waals surface area contributed by atoms with Crippen molar-refractivity contribution in [3.05, 3.63) is 53.7 Å². The average Bonchev–Trinajstić information content (AvgIpc) is 2.66. The van der Waals surface area contributed by atoms with E-state index in [0.29, 0.717) is 35.8 Å². The monoisotopic (exact) mass is 370 g/mol. The van der Waals surface area contributed by atoms with Crippen molar-refractivity contribution in [2.75, 3.05) is 39.1 Å². The number of carbonyl (C=O) groups is 2. The van der Waals surface area contributed by atoms with Crippen LogP contribution in [0.1, 0.15) is 34.1 Å². The first kappa shape index (κ1) is 20.4. The number of benzene rings is 1. The molecule has 0 spiro atoms. The average molecular weight is 370 g/mol. The van der Waals surface area contributed by atoms with Crippen LogP contribution in [0.2, 0.25) is 0 Å². The highest BCUT2D eigenvalue weighted by atomic mass is 16.5. The SMILES string of the molecule is CCOC(=O)c1ccccc1Nc1cc(C(=O)NCCCN(C)C)ccn1. The van der Waals surface area contributed by atoms with Crippen molar-refractivity contribution < 1.29 is 14.3 Å². The van der Waals surface area contributed by atoms with Gasteiger partial charge in [0.05, 0.1) is 17.9 Å². The molecule has 0 saturated carbocycles. The van der Waals surface area contributed by atoms with Crippen molar-refractivity contribution in [3.8, 4) is 0 Å². The van der Waals surface area contributed by atoms with Gasteiger partial charge in [-0.05, 0) is 58.3 Å². The van der Waals surface area contributed by atoms with Crippen LogP contribution in [-0.4, -0.2) is 55.6 Å². The number of ether oxygens (including phenoxy) is 1. The highest BCUT2D eigenvalue weighted by molar-refractivity contribution is 5.97. The highest BCUT2D eigenvalue weighted by Crippen LogP contribution is 2.21. The molecule has 1 amide bonds. The van der Waals surface area contributed by atoms with E-state index >= 15 is 0 Å². The fourth-order valence-electron chi connectivity index (χ4n) is 2.46. The maximum absolute atomic E-state index is 12.3. The number of hydrogen-bond donors (Lipinski definition) is 2. The number of anilines is 2. The zero-order valence-electron chi connectivity index (χ0n) is 16.0. The first-order valence-electron chi connectivity index (χ1n) is 8.93. The second-order valence-corrected chi connectivity index (χ2v) is 6.23. The fraction of sp³-hybridized carbons (Fsp3) is 0.350. The summed E-state index contributed by atoms with van der Waals surface area (Å²) in [6.45, 7) is 3.58. The molecule has 0 saturated heterocycles. The van der Waals surface area contributed by atoms with Crippen molar-refractivity contribution in [1.29, 1.82) is 0 Å². The quantitative estimate of drug-likeness (QED) is 0.522. The molecular formula is C20H26N4O3. The number of aromatic nitrogens is 1. The number of carbonyl (C=O) groups excluding carboxylic acids is 2. The van der Waals surface area contributed by atoms with E-state index < -0.39 is 5.97 Å². The van der Waals surface area contributed by atoms with E-state index in [1.807, 2.05) is 20.2 Å². The Morgan fingerprint density at radius 2 is 1.96 bits per heavy atom. The Morgan fingerprint density at radius 3 is 2.70 bits per heavy atom. The van der Waals surface area contributed by atoms with Gasteiger partial charge in [-0.1, -0.05) is 12.1 Å². The summed E-state index contributed by atoms with van der Waals surface area (Å²) >= 11 is 0. The zero-order chi connectivity index (χ0) is 19.6. The number of rotatable bonds is 9. The second-order valence-electron chi connectivity index (χ2n) is 6.23. The van der Waals surface area contributed by atoms with Gasteiger partial charge in [0.1, 0.15) is 5.82 Å². The summed E-state index contributed by atoms with van der Waals surface area (Å²) < 4.78 is 5.07. The summed E-state index contributed by atoms with van der Waals surface area (Å²) in [5, 5.41) is 5.99. The maximum Gasteiger partial charge on any atom is 0.340 e. The molecule has 144 valence electrons. The molecule has 0 atom stereocenters. The Labute approximate surface area is 159 Å². The Hall–Kier alpha value is -2.93. The van der Waals surface area contributed by atoms with Gasteiger partial charge in [-0.3, -0.25) is 4.79 Å². The summed E-state index contributed by atoms with van der Waals surface area (Å²) in [6, 6.07) is 10.3. The van der Waals surface area contributed by atoms with Gasteiger partial charge in [0.2, 0.25) is 0 Å². The largest absolute Gasteiger partial charge is 0.462 e. The topological polar surface area (TPSA) is 83.6 Å². The van der Waals surface area contributed by atoms with Gasteiger partial charge in [0.15, 0.2) is 0 Å². The Morgan fingerprint density at radius 1 is 1.19 bits per heavy atom. The molecule has 1 aromatic carbocycles. The maximum atomic E-state index is 12.3. The Kier molecular flexibility index (Phi) is 7.76. The minimum Gasteiger partial charge on any atom is -0.462 e. The van der Waals surface area contributed by atoms with Gasteiger partial charge >= 0.3 is 5.97 Å². The number of nitrogens with one attached hydrogen (secondary N) is 2. The minimum absolute atomic E-state index is 0.155. The number of esters is 1. The molecule has 7 heteroatoms. The molecule has 0 fully saturated rings. The van der Waals surface area contributed by atoms with E-state index in [2.05, 4.69) is 20.5 Å². The molecule has 1 heterocycles. The molecule has 0 bridgehead atoms. The number of nitrogens with zero attached hydrogens (tertiary/aromatic N) is 2. The molecular weight excluding hydrogens is 344 g/mol. The van der Waals surface area contributed by atoms with Crippen LogP contribution in [0.15, 0.2) is 42.6 Å². The predicted molar refractivity (Wildman–Crippen MR) is 105 cm³/mol. The molecule has 0 radical (unpaired) electrons. The van der Waals surface area contributed by atoms with Crippen molar-refractivity contribution in [3.63, 3.8) is 0 Å². The molecule has 2 N–H and O–H groups in total.